The van der Waals surface area contributed by atoms with E-state index in [1.54, 1.807) is 7.11 Å². The van der Waals surface area contributed by atoms with Gasteiger partial charge >= 0.3 is 0 Å². The molecule has 1 rings (SSSR count). The lowest BCUT2D eigenvalue weighted by Gasteiger charge is -2.11. The molecule has 0 aliphatic carbocycles. The quantitative estimate of drug-likeness (QED) is 0.679. The predicted octanol–water partition coefficient (Wildman–Crippen LogP) is 4.02. The summed E-state index contributed by atoms with van der Waals surface area (Å²) in [5, 5.41) is 3.45. The van der Waals surface area contributed by atoms with Gasteiger partial charge in [0.05, 0.1) is 7.11 Å². The molecule has 0 aliphatic rings. The first-order valence-electron chi connectivity index (χ1n) is 7.53. The third-order valence-electron chi connectivity index (χ3n) is 3.47. The second-order valence-corrected chi connectivity index (χ2v) is 5.32. The average molecular weight is 263 g/mol. The molecule has 0 amide bonds. The lowest BCUT2D eigenvalue weighted by Crippen LogP contribution is -2.15. The van der Waals surface area contributed by atoms with Crippen molar-refractivity contribution in [3.63, 3.8) is 0 Å². The van der Waals surface area contributed by atoms with E-state index in [4.69, 9.17) is 4.74 Å². The van der Waals surface area contributed by atoms with E-state index in [1.807, 2.05) is 0 Å². The number of rotatable bonds is 9. The minimum absolute atomic E-state index is 1.03. The van der Waals surface area contributed by atoms with Gasteiger partial charge in [-0.25, -0.2) is 0 Å². The van der Waals surface area contributed by atoms with Crippen molar-refractivity contribution in [3.05, 3.63) is 28.8 Å². The first-order chi connectivity index (χ1) is 9.19. The molecule has 0 atom stereocenters. The third kappa shape index (κ3) is 5.65. The molecule has 0 radical (unpaired) electrons. The van der Waals surface area contributed by atoms with E-state index in [1.165, 1.54) is 48.8 Å². The number of hydrogen-bond acceptors (Lipinski definition) is 2. The van der Waals surface area contributed by atoms with Crippen LogP contribution in [0, 0.1) is 13.8 Å². The molecule has 0 saturated carbocycles. The van der Waals surface area contributed by atoms with Crippen molar-refractivity contribution in [1.82, 2.24) is 5.32 Å². The fourth-order valence-corrected chi connectivity index (χ4v) is 2.56. The van der Waals surface area contributed by atoms with Gasteiger partial charge in [-0.15, -0.1) is 0 Å². The molecule has 1 N–H and O–H groups in total. The molecule has 0 unspecified atom stereocenters. The van der Waals surface area contributed by atoms with Crippen molar-refractivity contribution in [2.24, 2.45) is 0 Å². The van der Waals surface area contributed by atoms with Gasteiger partial charge in [-0.05, 0) is 69.3 Å². The largest absolute Gasteiger partial charge is 0.496 e. The van der Waals surface area contributed by atoms with E-state index in [0.29, 0.717) is 0 Å². The molecule has 0 spiro atoms. The van der Waals surface area contributed by atoms with E-state index in [0.717, 1.165) is 18.8 Å². The molecule has 2 nitrogen and oxygen atoms in total. The van der Waals surface area contributed by atoms with Crippen LogP contribution in [0.3, 0.4) is 0 Å². The molecule has 0 aliphatic heterocycles. The molecular formula is C17H29NO. The highest BCUT2D eigenvalue weighted by Crippen LogP contribution is 2.25. The second-order valence-electron chi connectivity index (χ2n) is 5.32. The maximum Gasteiger partial charge on any atom is 0.124 e. The summed E-state index contributed by atoms with van der Waals surface area (Å²) in [6.07, 6.45) is 6.28. The molecule has 0 bridgehead atoms. The number of ether oxygens (including phenoxy) is 1. The Labute approximate surface area is 118 Å². The normalized spacial score (nSPS) is 10.7. The summed E-state index contributed by atoms with van der Waals surface area (Å²) in [6.45, 7) is 8.78. The number of nitrogens with one attached hydrogen (secondary N) is 1. The molecule has 1 aromatic carbocycles. The molecule has 108 valence electrons. The Bertz CT molecular complexity index is 351. The van der Waals surface area contributed by atoms with Crippen molar-refractivity contribution in [1.29, 1.82) is 0 Å². The van der Waals surface area contributed by atoms with Gasteiger partial charge in [-0.3, -0.25) is 0 Å². The van der Waals surface area contributed by atoms with Crippen LogP contribution < -0.4 is 10.1 Å². The Morgan fingerprint density at radius 2 is 1.68 bits per heavy atom. The highest BCUT2D eigenvalue weighted by Gasteiger charge is 2.04. The van der Waals surface area contributed by atoms with Crippen molar-refractivity contribution in [2.45, 2.75) is 52.9 Å². The first-order valence-corrected chi connectivity index (χ1v) is 7.53. The Hall–Kier alpha value is -1.02. The first kappa shape index (κ1) is 16.0. The van der Waals surface area contributed by atoms with E-state index in [-0.39, 0.29) is 0 Å². The topological polar surface area (TPSA) is 21.3 Å². The van der Waals surface area contributed by atoms with Crippen molar-refractivity contribution >= 4 is 0 Å². The lowest BCUT2D eigenvalue weighted by atomic mass is 10.0. The molecule has 19 heavy (non-hydrogen) atoms. The summed E-state index contributed by atoms with van der Waals surface area (Å²) >= 11 is 0. The van der Waals surface area contributed by atoms with Gasteiger partial charge in [-0.1, -0.05) is 25.5 Å². The van der Waals surface area contributed by atoms with Crippen LogP contribution in [-0.4, -0.2) is 20.2 Å². The second kappa shape index (κ2) is 8.98. The maximum atomic E-state index is 5.40. The number of hydrogen-bond donors (Lipinski definition) is 1. The van der Waals surface area contributed by atoms with Gasteiger partial charge < -0.3 is 10.1 Å². The minimum atomic E-state index is 1.03. The Kier molecular flexibility index (Phi) is 7.57. The fourth-order valence-electron chi connectivity index (χ4n) is 2.56. The Morgan fingerprint density at radius 1 is 1.00 bits per heavy atom. The van der Waals surface area contributed by atoms with Crippen LogP contribution in [0.25, 0.3) is 0 Å². The van der Waals surface area contributed by atoms with Crippen molar-refractivity contribution in [2.75, 3.05) is 20.2 Å². The summed E-state index contributed by atoms with van der Waals surface area (Å²) in [6, 6.07) is 4.53. The highest BCUT2D eigenvalue weighted by atomic mass is 16.5. The molecule has 1 aromatic rings. The van der Waals surface area contributed by atoms with Crippen LogP contribution in [0.5, 0.6) is 5.75 Å². The van der Waals surface area contributed by atoms with Crippen LogP contribution in [0.4, 0.5) is 0 Å². The summed E-state index contributed by atoms with van der Waals surface area (Å²) in [4.78, 5) is 0. The van der Waals surface area contributed by atoms with Gasteiger partial charge in [0.15, 0.2) is 0 Å². The number of unbranched alkanes of at least 4 members (excludes halogenated alkanes) is 2. The maximum absolute atomic E-state index is 5.40. The van der Waals surface area contributed by atoms with E-state index in [2.05, 4.69) is 38.2 Å². The van der Waals surface area contributed by atoms with Crippen molar-refractivity contribution in [3.8, 4) is 5.75 Å². The minimum Gasteiger partial charge on any atom is -0.496 e. The summed E-state index contributed by atoms with van der Waals surface area (Å²) < 4.78 is 5.40. The predicted molar refractivity (Wildman–Crippen MR) is 83.2 cm³/mol. The van der Waals surface area contributed by atoms with Crippen LogP contribution in [0.1, 0.15) is 49.3 Å². The van der Waals surface area contributed by atoms with Gasteiger partial charge in [0.1, 0.15) is 5.75 Å². The number of methoxy groups -OCH3 is 1. The Balaban J connectivity index is 2.30. The summed E-state index contributed by atoms with van der Waals surface area (Å²) in [5.74, 6) is 1.03. The zero-order valence-electron chi connectivity index (χ0n) is 13.0. The molecule has 0 heterocycles. The monoisotopic (exact) mass is 263 g/mol. The molecule has 0 aromatic heterocycles. The SMILES string of the molecule is CCCNCCCCCc1cc(C)c(OC)c(C)c1. The summed E-state index contributed by atoms with van der Waals surface area (Å²) in [5.41, 5.74) is 3.95. The van der Waals surface area contributed by atoms with Gasteiger partial charge in [0, 0.05) is 0 Å². The summed E-state index contributed by atoms with van der Waals surface area (Å²) in [7, 11) is 1.75. The van der Waals surface area contributed by atoms with Gasteiger partial charge in [0.2, 0.25) is 0 Å². The molecular weight excluding hydrogens is 234 g/mol. The van der Waals surface area contributed by atoms with E-state index >= 15 is 0 Å². The van der Waals surface area contributed by atoms with Gasteiger partial charge in [0.25, 0.3) is 0 Å². The zero-order valence-corrected chi connectivity index (χ0v) is 13.0. The smallest absolute Gasteiger partial charge is 0.124 e. The fraction of sp³-hybridized carbons (Fsp3) is 0.647. The molecule has 0 fully saturated rings. The molecule has 2 heteroatoms. The van der Waals surface area contributed by atoms with Crippen LogP contribution in [0.15, 0.2) is 12.1 Å². The third-order valence-corrected chi connectivity index (χ3v) is 3.47. The van der Waals surface area contributed by atoms with Crippen LogP contribution in [-0.2, 0) is 6.42 Å². The van der Waals surface area contributed by atoms with E-state index in [9.17, 15) is 0 Å². The number of aryl methyl sites for hydroxylation is 3. The van der Waals surface area contributed by atoms with E-state index < -0.39 is 0 Å². The van der Waals surface area contributed by atoms with Crippen molar-refractivity contribution < 1.29 is 4.74 Å². The molecule has 0 saturated heterocycles. The standard InChI is InChI=1S/C17H29NO/c1-5-10-18-11-8-6-7-9-16-12-14(2)17(19-4)15(3)13-16/h12-13,18H,5-11H2,1-4H3. The Morgan fingerprint density at radius 3 is 2.26 bits per heavy atom. The van der Waals surface area contributed by atoms with Crippen LogP contribution in [0.2, 0.25) is 0 Å². The van der Waals surface area contributed by atoms with Crippen LogP contribution >= 0.6 is 0 Å². The average Bonchev–Trinajstić information content (AvgIpc) is 2.37. The lowest BCUT2D eigenvalue weighted by molar-refractivity contribution is 0.408. The highest BCUT2D eigenvalue weighted by molar-refractivity contribution is 5.43. The van der Waals surface area contributed by atoms with Gasteiger partial charge in [-0.2, -0.15) is 0 Å². The number of benzene rings is 1. The zero-order chi connectivity index (χ0) is 14.1.